The third-order valence-corrected chi connectivity index (χ3v) is 3.43. The van der Waals surface area contributed by atoms with Crippen molar-refractivity contribution in [3.05, 3.63) is 47.9 Å². The van der Waals surface area contributed by atoms with E-state index in [-0.39, 0.29) is 12.3 Å². The van der Waals surface area contributed by atoms with Gasteiger partial charge in [-0.3, -0.25) is 4.79 Å². The lowest BCUT2D eigenvalue weighted by molar-refractivity contribution is -0.150. The molecule has 1 aliphatic rings. The molecule has 0 radical (unpaired) electrons. The van der Waals surface area contributed by atoms with Crippen LogP contribution in [0.15, 0.2) is 36.5 Å². The van der Waals surface area contributed by atoms with Gasteiger partial charge >= 0.3 is 12.0 Å². The number of rotatable bonds is 6. The van der Waals surface area contributed by atoms with Gasteiger partial charge in [0.1, 0.15) is 18.3 Å². The first kappa shape index (κ1) is 17.0. The van der Waals surface area contributed by atoms with Crippen LogP contribution in [0.1, 0.15) is 18.5 Å². The Morgan fingerprint density at radius 3 is 2.65 bits per heavy atom. The van der Waals surface area contributed by atoms with E-state index in [2.05, 4.69) is 17.2 Å². The molecule has 0 aromatic heterocycles. The molecular weight excluding hydrogens is 303 g/mol. The van der Waals surface area contributed by atoms with Gasteiger partial charge in [-0.25, -0.2) is 9.18 Å². The number of urea groups is 1. The van der Waals surface area contributed by atoms with Crippen LogP contribution in [0, 0.1) is 11.7 Å². The molecular formula is C16H19FN2O4. The third-order valence-electron chi connectivity index (χ3n) is 3.43. The van der Waals surface area contributed by atoms with E-state index in [1.165, 1.54) is 24.3 Å². The van der Waals surface area contributed by atoms with Crippen molar-refractivity contribution >= 4 is 12.0 Å². The number of benzene rings is 1. The number of hydrogen-bond donors (Lipinski definition) is 2. The molecule has 1 aliphatic heterocycles. The molecule has 0 unspecified atom stereocenters. The van der Waals surface area contributed by atoms with Crippen LogP contribution in [-0.4, -0.2) is 31.8 Å². The average Bonchev–Trinajstić information content (AvgIpc) is 2.51. The van der Waals surface area contributed by atoms with Crippen molar-refractivity contribution < 1.29 is 23.5 Å². The molecule has 23 heavy (non-hydrogen) atoms. The summed E-state index contributed by atoms with van der Waals surface area (Å²) in [7, 11) is 0. The van der Waals surface area contributed by atoms with Crippen molar-refractivity contribution in [3.8, 4) is 0 Å². The molecule has 7 heteroatoms. The summed E-state index contributed by atoms with van der Waals surface area (Å²) in [6.45, 7) is 6.51. The van der Waals surface area contributed by atoms with Gasteiger partial charge in [0.2, 0.25) is 0 Å². The lowest BCUT2D eigenvalue weighted by atomic mass is 9.89. The van der Waals surface area contributed by atoms with Crippen molar-refractivity contribution in [2.24, 2.45) is 5.92 Å². The molecule has 1 aromatic carbocycles. The number of carbonyl (C=O) groups is 2. The first-order valence-electron chi connectivity index (χ1n) is 7.29. The molecule has 6 nitrogen and oxygen atoms in total. The van der Waals surface area contributed by atoms with Crippen LogP contribution in [-0.2, 0) is 14.3 Å². The van der Waals surface area contributed by atoms with Gasteiger partial charge < -0.3 is 20.1 Å². The van der Waals surface area contributed by atoms with Gasteiger partial charge in [0, 0.05) is 12.3 Å². The van der Waals surface area contributed by atoms with E-state index >= 15 is 0 Å². The molecule has 124 valence electrons. The molecule has 1 aromatic rings. The second kappa shape index (κ2) is 7.73. The quantitative estimate of drug-likeness (QED) is 0.619. The SMILES string of the molecule is C=C1NC(=O)N[C@@H](c2ccc(F)cc2)[C@H]1C(=O)OCCOCC. The van der Waals surface area contributed by atoms with Gasteiger partial charge in [-0.15, -0.1) is 0 Å². The summed E-state index contributed by atoms with van der Waals surface area (Å²) >= 11 is 0. The van der Waals surface area contributed by atoms with Crippen LogP contribution < -0.4 is 10.6 Å². The van der Waals surface area contributed by atoms with Crippen molar-refractivity contribution in [1.29, 1.82) is 0 Å². The van der Waals surface area contributed by atoms with Crippen molar-refractivity contribution in [2.75, 3.05) is 19.8 Å². The number of hydrogen-bond acceptors (Lipinski definition) is 4. The summed E-state index contributed by atoms with van der Waals surface area (Å²) in [5.74, 6) is -1.74. The molecule has 2 N–H and O–H groups in total. The van der Waals surface area contributed by atoms with Crippen LogP contribution in [0.2, 0.25) is 0 Å². The molecule has 0 bridgehead atoms. The summed E-state index contributed by atoms with van der Waals surface area (Å²) in [5, 5.41) is 5.12. The van der Waals surface area contributed by atoms with Crippen molar-refractivity contribution in [2.45, 2.75) is 13.0 Å². The Hall–Kier alpha value is -2.41. The Morgan fingerprint density at radius 1 is 1.30 bits per heavy atom. The Labute approximate surface area is 133 Å². The van der Waals surface area contributed by atoms with Gasteiger partial charge in [0.15, 0.2) is 0 Å². The molecule has 0 spiro atoms. The molecule has 1 saturated heterocycles. The van der Waals surface area contributed by atoms with Gasteiger partial charge in [0.05, 0.1) is 12.6 Å². The Balaban J connectivity index is 2.14. The van der Waals surface area contributed by atoms with E-state index < -0.39 is 29.8 Å². The second-order valence-electron chi connectivity index (χ2n) is 5.00. The lowest BCUT2D eigenvalue weighted by Gasteiger charge is -2.33. The Morgan fingerprint density at radius 2 is 2.00 bits per heavy atom. The first-order chi connectivity index (χ1) is 11.0. The number of esters is 1. The monoisotopic (exact) mass is 322 g/mol. The molecule has 2 rings (SSSR count). The number of halogens is 1. The lowest BCUT2D eigenvalue weighted by Crippen LogP contribution is -2.51. The van der Waals surface area contributed by atoms with Crippen LogP contribution in [0.25, 0.3) is 0 Å². The largest absolute Gasteiger partial charge is 0.463 e. The molecule has 1 heterocycles. The average molecular weight is 322 g/mol. The predicted molar refractivity (Wildman–Crippen MR) is 80.9 cm³/mol. The third kappa shape index (κ3) is 4.29. The highest BCUT2D eigenvalue weighted by Crippen LogP contribution is 2.30. The summed E-state index contributed by atoms with van der Waals surface area (Å²) in [5.41, 5.74) is 0.832. The highest BCUT2D eigenvalue weighted by atomic mass is 19.1. The second-order valence-corrected chi connectivity index (χ2v) is 5.00. The standard InChI is InChI=1S/C16H19FN2O4/c1-3-22-8-9-23-15(20)13-10(2)18-16(21)19-14(13)11-4-6-12(17)7-5-11/h4-7,13-14H,2-3,8-9H2,1H3,(H2,18,19,21)/t13-,14-/m0/s1. The fourth-order valence-electron chi connectivity index (χ4n) is 2.34. The van der Waals surface area contributed by atoms with Crippen LogP contribution in [0.3, 0.4) is 0 Å². The maximum atomic E-state index is 13.1. The van der Waals surface area contributed by atoms with Gasteiger partial charge in [-0.05, 0) is 24.6 Å². The Bertz CT molecular complexity index is 588. The topological polar surface area (TPSA) is 76.7 Å². The number of carbonyl (C=O) groups excluding carboxylic acids is 2. The van der Waals surface area contributed by atoms with E-state index in [4.69, 9.17) is 9.47 Å². The summed E-state index contributed by atoms with van der Waals surface area (Å²) in [6.07, 6.45) is 0. The summed E-state index contributed by atoms with van der Waals surface area (Å²) in [4.78, 5) is 24.0. The van der Waals surface area contributed by atoms with E-state index in [1.54, 1.807) is 0 Å². The molecule has 0 saturated carbocycles. The van der Waals surface area contributed by atoms with Crippen molar-refractivity contribution in [3.63, 3.8) is 0 Å². The highest BCUT2D eigenvalue weighted by Gasteiger charge is 2.38. The number of amides is 2. The molecule has 1 fully saturated rings. The minimum Gasteiger partial charge on any atom is -0.463 e. The fraction of sp³-hybridized carbons (Fsp3) is 0.375. The van der Waals surface area contributed by atoms with E-state index in [0.29, 0.717) is 18.8 Å². The zero-order chi connectivity index (χ0) is 16.8. The Kier molecular flexibility index (Phi) is 5.70. The number of nitrogens with one attached hydrogen (secondary N) is 2. The number of ether oxygens (including phenoxy) is 2. The van der Waals surface area contributed by atoms with Crippen LogP contribution >= 0.6 is 0 Å². The molecule has 2 amide bonds. The predicted octanol–water partition coefficient (Wildman–Crippen LogP) is 1.89. The van der Waals surface area contributed by atoms with Crippen molar-refractivity contribution in [1.82, 2.24) is 10.6 Å². The zero-order valence-electron chi connectivity index (χ0n) is 12.8. The van der Waals surface area contributed by atoms with E-state index in [9.17, 15) is 14.0 Å². The van der Waals surface area contributed by atoms with Gasteiger partial charge in [-0.2, -0.15) is 0 Å². The maximum absolute atomic E-state index is 13.1. The summed E-state index contributed by atoms with van der Waals surface area (Å²) in [6, 6.07) is 4.42. The van der Waals surface area contributed by atoms with Gasteiger partial charge in [0.25, 0.3) is 0 Å². The smallest absolute Gasteiger partial charge is 0.319 e. The molecule has 0 aliphatic carbocycles. The van der Waals surface area contributed by atoms with E-state index in [1.807, 2.05) is 6.92 Å². The minimum absolute atomic E-state index is 0.112. The minimum atomic E-state index is -0.806. The summed E-state index contributed by atoms with van der Waals surface area (Å²) < 4.78 is 23.4. The van der Waals surface area contributed by atoms with E-state index in [0.717, 1.165) is 0 Å². The highest BCUT2D eigenvalue weighted by molar-refractivity contribution is 5.85. The maximum Gasteiger partial charge on any atom is 0.319 e. The molecule has 2 atom stereocenters. The van der Waals surface area contributed by atoms with Gasteiger partial charge in [-0.1, -0.05) is 18.7 Å². The normalized spacial score (nSPS) is 20.6. The van der Waals surface area contributed by atoms with Crippen LogP contribution in [0.5, 0.6) is 0 Å². The first-order valence-corrected chi connectivity index (χ1v) is 7.29. The van der Waals surface area contributed by atoms with Crippen LogP contribution in [0.4, 0.5) is 9.18 Å². The zero-order valence-corrected chi connectivity index (χ0v) is 12.8. The fourth-order valence-corrected chi connectivity index (χ4v) is 2.34.